The number of anilines is 1. The predicted octanol–water partition coefficient (Wildman–Crippen LogP) is 5.71. The summed E-state index contributed by atoms with van der Waals surface area (Å²) in [4.78, 5) is 24.9. The molecule has 4 rings (SSSR count). The number of hydrogen-bond donors (Lipinski definition) is 2. The molecule has 1 amide bonds. The predicted molar refractivity (Wildman–Crippen MR) is 119 cm³/mol. The SMILES string of the molecule is CCc1ccc([C@@H](C(=O)Nc2cc(F)cc(CC3(C(=O)O)CC3)c2)C2CCCC2)cc1. The van der Waals surface area contributed by atoms with E-state index in [4.69, 9.17) is 0 Å². The van der Waals surface area contributed by atoms with Crippen LogP contribution in [0.25, 0.3) is 0 Å². The Hall–Kier alpha value is -2.69. The molecular weight excluding hydrogens is 393 g/mol. The molecule has 0 radical (unpaired) electrons. The number of rotatable bonds is 8. The fourth-order valence-corrected chi connectivity index (χ4v) is 4.94. The minimum Gasteiger partial charge on any atom is -0.481 e. The Kier molecular flexibility index (Phi) is 6.12. The lowest BCUT2D eigenvalue weighted by molar-refractivity contribution is -0.143. The summed E-state index contributed by atoms with van der Waals surface area (Å²) in [5, 5.41) is 12.4. The maximum Gasteiger partial charge on any atom is 0.309 e. The van der Waals surface area contributed by atoms with Crippen LogP contribution in [0, 0.1) is 17.2 Å². The van der Waals surface area contributed by atoms with Crippen LogP contribution in [-0.2, 0) is 22.4 Å². The Morgan fingerprint density at radius 3 is 2.35 bits per heavy atom. The molecule has 4 nitrogen and oxygen atoms in total. The van der Waals surface area contributed by atoms with Gasteiger partial charge in [0.2, 0.25) is 5.91 Å². The molecule has 0 saturated heterocycles. The van der Waals surface area contributed by atoms with Gasteiger partial charge in [-0.25, -0.2) is 4.39 Å². The number of carboxylic acids is 1. The van der Waals surface area contributed by atoms with Crippen LogP contribution in [0.4, 0.5) is 10.1 Å². The summed E-state index contributed by atoms with van der Waals surface area (Å²) >= 11 is 0. The first-order chi connectivity index (χ1) is 14.9. The molecule has 0 aromatic heterocycles. The summed E-state index contributed by atoms with van der Waals surface area (Å²) in [6.45, 7) is 2.10. The van der Waals surface area contributed by atoms with Crippen molar-refractivity contribution in [3.63, 3.8) is 0 Å². The van der Waals surface area contributed by atoms with Gasteiger partial charge in [0.05, 0.1) is 11.3 Å². The van der Waals surface area contributed by atoms with Gasteiger partial charge in [-0.3, -0.25) is 9.59 Å². The average Bonchev–Trinajstić information content (AvgIpc) is 3.32. The second-order valence-electron chi connectivity index (χ2n) is 9.22. The number of nitrogens with one attached hydrogen (secondary N) is 1. The van der Waals surface area contributed by atoms with Crippen molar-refractivity contribution in [1.29, 1.82) is 0 Å². The van der Waals surface area contributed by atoms with Crippen LogP contribution in [0.15, 0.2) is 42.5 Å². The summed E-state index contributed by atoms with van der Waals surface area (Å²) in [7, 11) is 0. The highest BCUT2D eigenvalue weighted by molar-refractivity contribution is 5.96. The van der Waals surface area contributed by atoms with Gasteiger partial charge in [-0.2, -0.15) is 0 Å². The van der Waals surface area contributed by atoms with Crippen LogP contribution in [-0.4, -0.2) is 17.0 Å². The number of amides is 1. The van der Waals surface area contributed by atoms with Gasteiger partial charge < -0.3 is 10.4 Å². The molecule has 2 saturated carbocycles. The van der Waals surface area contributed by atoms with Crippen LogP contribution in [0.5, 0.6) is 0 Å². The number of hydrogen-bond acceptors (Lipinski definition) is 2. The Balaban J connectivity index is 1.56. The van der Waals surface area contributed by atoms with E-state index in [9.17, 15) is 19.1 Å². The molecule has 2 aromatic carbocycles. The molecule has 0 spiro atoms. The van der Waals surface area contributed by atoms with Gasteiger partial charge in [-0.05, 0) is 79.3 Å². The molecule has 0 aliphatic heterocycles. The van der Waals surface area contributed by atoms with Gasteiger partial charge in [0.1, 0.15) is 5.82 Å². The number of carboxylic acid groups (broad SMARTS) is 1. The van der Waals surface area contributed by atoms with Gasteiger partial charge in [0, 0.05) is 5.69 Å². The number of aryl methyl sites for hydroxylation is 1. The molecule has 164 valence electrons. The number of halogens is 1. The quantitative estimate of drug-likeness (QED) is 0.572. The van der Waals surface area contributed by atoms with Gasteiger partial charge in [0.25, 0.3) is 0 Å². The van der Waals surface area contributed by atoms with Gasteiger partial charge in [-0.15, -0.1) is 0 Å². The Morgan fingerprint density at radius 2 is 1.77 bits per heavy atom. The van der Waals surface area contributed by atoms with E-state index in [1.165, 1.54) is 17.7 Å². The maximum atomic E-state index is 14.3. The molecule has 2 aliphatic rings. The highest BCUT2D eigenvalue weighted by Gasteiger charge is 2.50. The van der Waals surface area contributed by atoms with Gasteiger partial charge >= 0.3 is 5.97 Å². The molecule has 2 fully saturated rings. The van der Waals surface area contributed by atoms with Gasteiger partial charge in [0.15, 0.2) is 0 Å². The Labute approximate surface area is 182 Å². The van der Waals surface area contributed by atoms with Crippen molar-refractivity contribution >= 4 is 17.6 Å². The molecule has 2 aromatic rings. The van der Waals surface area contributed by atoms with Crippen molar-refractivity contribution in [2.45, 2.75) is 64.2 Å². The van der Waals surface area contributed by atoms with Gasteiger partial charge in [-0.1, -0.05) is 44.0 Å². The van der Waals surface area contributed by atoms with Crippen molar-refractivity contribution < 1.29 is 19.1 Å². The fourth-order valence-electron chi connectivity index (χ4n) is 4.94. The molecule has 0 heterocycles. The van der Waals surface area contributed by atoms with Crippen LogP contribution in [0.2, 0.25) is 0 Å². The summed E-state index contributed by atoms with van der Waals surface area (Å²) in [5.41, 5.74) is 2.47. The van der Waals surface area contributed by atoms with Crippen molar-refractivity contribution in [3.05, 3.63) is 65.0 Å². The Morgan fingerprint density at radius 1 is 1.10 bits per heavy atom. The summed E-state index contributed by atoms with van der Waals surface area (Å²) in [5.74, 6) is -1.40. The van der Waals surface area contributed by atoms with E-state index in [0.29, 0.717) is 24.1 Å². The summed E-state index contributed by atoms with van der Waals surface area (Å²) < 4.78 is 14.3. The molecule has 2 aliphatic carbocycles. The maximum absolute atomic E-state index is 14.3. The lowest BCUT2D eigenvalue weighted by Crippen LogP contribution is -2.26. The molecule has 0 bridgehead atoms. The molecule has 5 heteroatoms. The van der Waals surface area contributed by atoms with Crippen molar-refractivity contribution in [2.75, 3.05) is 5.32 Å². The first-order valence-corrected chi connectivity index (χ1v) is 11.3. The first kappa shape index (κ1) is 21.5. The highest BCUT2D eigenvalue weighted by atomic mass is 19.1. The molecule has 1 atom stereocenters. The van der Waals surface area contributed by atoms with Crippen molar-refractivity contribution in [1.82, 2.24) is 0 Å². The minimum atomic E-state index is -0.834. The smallest absolute Gasteiger partial charge is 0.309 e. The molecule has 2 N–H and O–H groups in total. The van der Waals surface area contributed by atoms with E-state index < -0.39 is 17.2 Å². The number of carbonyl (C=O) groups is 2. The monoisotopic (exact) mass is 423 g/mol. The third-order valence-electron chi connectivity index (χ3n) is 6.98. The number of benzene rings is 2. The zero-order valence-corrected chi connectivity index (χ0v) is 18.0. The van der Waals surface area contributed by atoms with Crippen LogP contribution in [0.3, 0.4) is 0 Å². The normalized spacial score (nSPS) is 18.5. The fraction of sp³-hybridized carbons (Fsp3) is 0.462. The van der Waals surface area contributed by atoms with Crippen LogP contribution in [0.1, 0.15) is 68.1 Å². The van der Waals surface area contributed by atoms with Crippen LogP contribution >= 0.6 is 0 Å². The number of aliphatic carboxylic acids is 1. The van der Waals surface area contributed by atoms with E-state index in [2.05, 4.69) is 24.4 Å². The third kappa shape index (κ3) is 4.81. The lowest BCUT2D eigenvalue weighted by Gasteiger charge is -2.24. The lowest BCUT2D eigenvalue weighted by atomic mass is 9.83. The third-order valence-corrected chi connectivity index (χ3v) is 6.98. The van der Waals surface area contributed by atoms with E-state index in [-0.39, 0.29) is 24.2 Å². The van der Waals surface area contributed by atoms with E-state index in [0.717, 1.165) is 37.7 Å². The molecule has 31 heavy (non-hydrogen) atoms. The van der Waals surface area contributed by atoms with E-state index >= 15 is 0 Å². The zero-order chi connectivity index (χ0) is 22.0. The van der Waals surface area contributed by atoms with Crippen molar-refractivity contribution in [3.8, 4) is 0 Å². The van der Waals surface area contributed by atoms with E-state index in [1.54, 1.807) is 6.07 Å². The summed E-state index contributed by atoms with van der Waals surface area (Å²) in [6, 6.07) is 12.6. The Bertz CT molecular complexity index is 959. The molecule has 0 unspecified atom stereocenters. The molecular formula is C26H30FNO3. The highest BCUT2D eigenvalue weighted by Crippen LogP contribution is 2.49. The van der Waals surface area contributed by atoms with Crippen LogP contribution < -0.4 is 5.32 Å². The summed E-state index contributed by atoms with van der Waals surface area (Å²) in [6.07, 6.45) is 6.74. The largest absolute Gasteiger partial charge is 0.481 e. The van der Waals surface area contributed by atoms with E-state index in [1.807, 2.05) is 12.1 Å². The van der Waals surface area contributed by atoms with Crippen molar-refractivity contribution in [2.24, 2.45) is 11.3 Å². The standard InChI is InChI=1S/C26H30FNO3/c1-2-17-7-9-20(10-8-17)23(19-5-3-4-6-19)24(29)28-22-14-18(13-21(27)15-22)16-26(11-12-26)25(30)31/h7-10,13-15,19,23H,2-6,11-12,16H2,1H3,(H,28,29)(H,30,31)/t23-/m0/s1. The first-order valence-electron chi connectivity index (χ1n) is 11.3. The minimum absolute atomic E-state index is 0.118. The zero-order valence-electron chi connectivity index (χ0n) is 18.0. The topological polar surface area (TPSA) is 66.4 Å². The average molecular weight is 424 g/mol. The number of carbonyl (C=O) groups excluding carboxylic acids is 1. The second-order valence-corrected chi connectivity index (χ2v) is 9.22. The second kappa shape index (κ2) is 8.81.